The van der Waals surface area contributed by atoms with Crippen LogP contribution in [-0.4, -0.2) is 0 Å². The van der Waals surface area contributed by atoms with Crippen LogP contribution in [0.5, 0.6) is 0 Å². The van der Waals surface area contributed by atoms with Gasteiger partial charge in [0.05, 0.1) is 0 Å². The summed E-state index contributed by atoms with van der Waals surface area (Å²) in [5.74, 6) is 6.38. The van der Waals surface area contributed by atoms with E-state index < -0.39 is 0 Å². The molecule has 0 spiro atoms. The van der Waals surface area contributed by atoms with Crippen molar-refractivity contribution < 1.29 is 0 Å². The Kier molecular flexibility index (Phi) is 2.52. The highest BCUT2D eigenvalue weighted by atomic mass is 14.1. The second-order valence-corrected chi connectivity index (χ2v) is 4.14. The molecule has 2 aromatic rings. The van der Waals surface area contributed by atoms with Crippen LogP contribution in [0.4, 0.5) is 0 Å². The molecule has 0 atom stereocenters. The first kappa shape index (κ1) is 9.93. The Morgan fingerprint density at radius 3 is 2.53 bits per heavy atom. The second-order valence-electron chi connectivity index (χ2n) is 4.14. The summed E-state index contributed by atoms with van der Waals surface area (Å²) in [6.45, 7) is 0. The van der Waals surface area contributed by atoms with Gasteiger partial charge in [-0.1, -0.05) is 48.3 Å². The summed E-state index contributed by atoms with van der Waals surface area (Å²) in [6, 6.07) is 16.5. The SMILES string of the molecule is C(#Cc1ccc2c(c1)C=CC2)c1ccccc1. The third kappa shape index (κ3) is 2.14. The van der Waals surface area contributed by atoms with Gasteiger partial charge >= 0.3 is 0 Å². The highest BCUT2D eigenvalue weighted by Crippen LogP contribution is 2.20. The fraction of sp³-hybridized carbons (Fsp3) is 0.0588. The normalized spacial score (nSPS) is 11.8. The molecule has 1 aliphatic rings. The van der Waals surface area contributed by atoms with Crippen LogP contribution in [0.1, 0.15) is 22.3 Å². The molecule has 17 heavy (non-hydrogen) atoms. The van der Waals surface area contributed by atoms with Crippen molar-refractivity contribution in [2.24, 2.45) is 0 Å². The van der Waals surface area contributed by atoms with Gasteiger partial charge < -0.3 is 0 Å². The average molecular weight is 216 g/mol. The van der Waals surface area contributed by atoms with Crippen LogP contribution in [0.3, 0.4) is 0 Å². The molecule has 3 rings (SSSR count). The molecule has 0 amide bonds. The van der Waals surface area contributed by atoms with Gasteiger partial charge in [0.25, 0.3) is 0 Å². The zero-order valence-corrected chi connectivity index (χ0v) is 9.48. The van der Waals surface area contributed by atoms with E-state index in [4.69, 9.17) is 0 Å². The second kappa shape index (κ2) is 4.31. The van der Waals surface area contributed by atoms with Crippen molar-refractivity contribution in [2.45, 2.75) is 6.42 Å². The molecule has 0 saturated carbocycles. The summed E-state index contributed by atoms with van der Waals surface area (Å²) in [5, 5.41) is 0. The number of hydrogen-bond acceptors (Lipinski definition) is 0. The molecule has 0 radical (unpaired) electrons. The van der Waals surface area contributed by atoms with Crippen LogP contribution >= 0.6 is 0 Å². The van der Waals surface area contributed by atoms with E-state index in [-0.39, 0.29) is 0 Å². The minimum Gasteiger partial charge on any atom is -0.0795 e. The van der Waals surface area contributed by atoms with Gasteiger partial charge in [0.15, 0.2) is 0 Å². The van der Waals surface area contributed by atoms with Gasteiger partial charge in [0, 0.05) is 11.1 Å². The summed E-state index contributed by atoms with van der Waals surface area (Å²) >= 11 is 0. The largest absolute Gasteiger partial charge is 0.0795 e. The highest BCUT2D eigenvalue weighted by molar-refractivity contribution is 5.62. The Bertz CT molecular complexity index is 622. The Morgan fingerprint density at radius 1 is 0.824 bits per heavy atom. The van der Waals surface area contributed by atoms with Gasteiger partial charge in [-0.25, -0.2) is 0 Å². The lowest BCUT2D eigenvalue weighted by Gasteiger charge is -1.98. The van der Waals surface area contributed by atoms with Gasteiger partial charge in [0.1, 0.15) is 0 Å². The number of benzene rings is 2. The molecule has 0 saturated heterocycles. The summed E-state index contributed by atoms with van der Waals surface area (Å²) in [4.78, 5) is 0. The number of rotatable bonds is 0. The Hall–Kier alpha value is -2.26. The summed E-state index contributed by atoms with van der Waals surface area (Å²) in [7, 11) is 0. The maximum absolute atomic E-state index is 3.21. The van der Waals surface area contributed by atoms with Crippen LogP contribution in [-0.2, 0) is 6.42 Å². The maximum Gasteiger partial charge on any atom is 0.0255 e. The summed E-state index contributed by atoms with van der Waals surface area (Å²) in [6.07, 6.45) is 5.42. The number of allylic oxidation sites excluding steroid dienone is 1. The Morgan fingerprint density at radius 2 is 1.65 bits per heavy atom. The van der Waals surface area contributed by atoms with Crippen molar-refractivity contribution in [1.82, 2.24) is 0 Å². The van der Waals surface area contributed by atoms with Gasteiger partial charge in [-0.15, -0.1) is 0 Å². The van der Waals surface area contributed by atoms with E-state index in [0.29, 0.717) is 0 Å². The third-order valence-corrected chi connectivity index (χ3v) is 2.91. The molecule has 0 aromatic heterocycles. The lowest BCUT2D eigenvalue weighted by Crippen LogP contribution is -1.83. The minimum atomic E-state index is 1.06. The zero-order valence-electron chi connectivity index (χ0n) is 9.48. The van der Waals surface area contributed by atoms with Crippen LogP contribution in [0.2, 0.25) is 0 Å². The van der Waals surface area contributed by atoms with Gasteiger partial charge in [0.2, 0.25) is 0 Å². The van der Waals surface area contributed by atoms with Crippen LogP contribution in [0.15, 0.2) is 54.6 Å². The lowest BCUT2D eigenvalue weighted by molar-refractivity contribution is 1.31. The molecule has 0 fully saturated rings. The molecule has 0 unspecified atom stereocenters. The Balaban J connectivity index is 1.92. The van der Waals surface area contributed by atoms with Crippen LogP contribution in [0, 0.1) is 11.8 Å². The van der Waals surface area contributed by atoms with E-state index in [2.05, 4.69) is 42.2 Å². The topological polar surface area (TPSA) is 0 Å². The molecular weight excluding hydrogens is 204 g/mol. The summed E-state index contributed by atoms with van der Waals surface area (Å²) < 4.78 is 0. The number of fused-ring (bicyclic) bond motifs is 1. The zero-order chi connectivity index (χ0) is 11.5. The van der Waals surface area contributed by atoms with Crippen molar-refractivity contribution >= 4 is 6.08 Å². The fourth-order valence-corrected chi connectivity index (χ4v) is 1.99. The van der Waals surface area contributed by atoms with Crippen LogP contribution in [0.25, 0.3) is 6.08 Å². The molecule has 1 aliphatic carbocycles. The van der Waals surface area contributed by atoms with E-state index in [0.717, 1.165) is 17.5 Å². The first-order chi connectivity index (χ1) is 8.42. The predicted molar refractivity (Wildman–Crippen MR) is 71.6 cm³/mol. The predicted octanol–water partition coefficient (Wildman–Crippen LogP) is 3.66. The van der Waals surface area contributed by atoms with Crippen molar-refractivity contribution in [3.05, 3.63) is 76.9 Å². The molecular formula is C17H12. The van der Waals surface area contributed by atoms with E-state index in [1.807, 2.05) is 30.3 Å². The van der Waals surface area contributed by atoms with E-state index in [1.165, 1.54) is 11.1 Å². The van der Waals surface area contributed by atoms with Crippen molar-refractivity contribution in [1.29, 1.82) is 0 Å². The third-order valence-electron chi connectivity index (χ3n) is 2.91. The molecule has 2 aromatic carbocycles. The van der Waals surface area contributed by atoms with Gasteiger partial charge in [-0.2, -0.15) is 0 Å². The number of hydrogen-bond donors (Lipinski definition) is 0. The quantitative estimate of drug-likeness (QED) is 0.590. The summed E-state index contributed by atoms with van der Waals surface area (Å²) in [5.41, 5.74) is 4.85. The highest BCUT2D eigenvalue weighted by Gasteiger charge is 2.03. The molecule has 80 valence electrons. The fourth-order valence-electron chi connectivity index (χ4n) is 1.99. The molecule has 0 nitrogen and oxygen atoms in total. The van der Waals surface area contributed by atoms with Crippen molar-refractivity contribution in [3.63, 3.8) is 0 Å². The van der Waals surface area contributed by atoms with Gasteiger partial charge in [-0.05, 0) is 41.8 Å². The molecule has 0 aliphatic heterocycles. The van der Waals surface area contributed by atoms with Crippen molar-refractivity contribution in [3.8, 4) is 11.8 Å². The van der Waals surface area contributed by atoms with Gasteiger partial charge in [-0.3, -0.25) is 0 Å². The lowest BCUT2D eigenvalue weighted by atomic mass is 10.1. The van der Waals surface area contributed by atoms with Crippen LogP contribution < -0.4 is 0 Å². The van der Waals surface area contributed by atoms with E-state index in [1.54, 1.807) is 0 Å². The molecule has 0 N–H and O–H groups in total. The molecule has 0 heterocycles. The van der Waals surface area contributed by atoms with E-state index in [9.17, 15) is 0 Å². The minimum absolute atomic E-state index is 1.06. The monoisotopic (exact) mass is 216 g/mol. The molecule has 0 heteroatoms. The smallest absolute Gasteiger partial charge is 0.0255 e. The maximum atomic E-state index is 3.21. The molecule has 0 bridgehead atoms. The standard InChI is InChI=1S/C17H12/c1-2-5-14(6-3-1)9-10-15-11-12-16-7-4-8-17(16)13-15/h1-6,8,11-13H,7H2. The van der Waals surface area contributed by atoms with Crippen molar-refractivity contribution in [2.75, 3.05) is 0 Å². The first-order valence-corrected chi connectivity index (χ1v) is 5.78. The van der Waals surface area contributed by atoms with E-state index >= 15 is 0 Å². The first-order valence-electron chi connectivity index (χ1n) is 5.78. The average Bonchev–Trinajstić information content (AvgIpc) is 2.85. The Labute approximate surface area is 102 Å².